The number of carboxylic acids is 1. The second-order valence-electron chi connectivity index (χ2n) is 8.12. The van der Waals surface area contributed by atoms with Gasteiger partial charge < -0.3 is 10.2 Å². The lowest BCUT2D eigenvalue weighted by molar-refractivity contribution is -0.150. The van der Waals surface area contributed by atoms with Gasteiger partial charge in [0.15, 0.2) is 0 Å². The Bertz CT molecular complexity index is 1090. The van der Waals surface area contributed by atoms with Crippen molar-refractivity contribution in [3.8, 4) is 11.1 Å². The molecule has 0 saturated carbocycles. The number of halogens is 1. The number of carboxylic acid groups (broad SMARTS) is 1. The van der Waals surface area contributed by atoms with E-state index >= 15 is 4.39 Å². The summed E-state index contributed by atoms with van der Waals surface area (Å²) in [5.74, 6) is -1.27. The molecule has 0 fully saturated rings. The smallest absolute Gasteiger partial charge is 0.311 e. The summed E-state index contributed by atoms with van der Waals surface area (Å²) in [5, 5.41) is 18.8. The normalized spacial score (nSPS) is 13.3. The molecule has 0 aliphatic carbocycles. The van der Waals surface area contributed by atoms with Crippen LogP contribution in [0, 0.1) is 18.2 Å². The van der Waals surface area contributed by atoms with Gasteiger partial charge in [-0.15, -0.1) is 0 Å². The maximum Gasteiger partial charge on any atom is 0.311 e. The van der Waals surface area contributed by atoms with Crippen molar-refractivity contribution in [3.63, 3.8) is 0 Å². The van der Waals surface area contributed by atoms with E-state index in [1.54, 1.807) is 25.1 Å². The van der Waals surface area contributed by atoms with E-state index in [-0.39, 0.29) is 5.82 Å². The van der Waals surface area contributed by atoms with Gasteiger partial charge in [-0.05, 0) is 48.9 Å². The average molecular weight is 419 g/mol. The highest BCUT2D eigenvalue weighted by atomic mass is 19.1. The van der Waals surface area contributed by atoms with E-state index < -0.39 is 18.0 Å². The molecule has 0 aromatic heterocycles. The van der Waals surface area contributed by atoms with Crippen molar-refractivity contribution in [2.75, 3.05) is 6.61 Å². The van der Waals surface area contributed by atoms with Crippen LogP contribution in [0.25, 0.3) is 23.3 Å². The average Bonchev–Trinajstić information content (AvgIpc) is 2.78. The summed E-state index contributed by atoms with van der Waals surface area (Å²) in [6.07, 6.45) is 4.51. The van der Waals surface area contributed by atoms with Gasteiger partial charge in [0.05, 0.1) is 12.0 Å². The summed E-state index contributed by atoms with van der Waals surface area (Å²) in [6.45, 7) is 3.13. The molecule has 0 aliphatic rings. The van der Waals surface area contributed by atoms with Crippen molar-refractivity contribution in [2.24, 2.45) is 5.41 Å². The highest BCUT2D eigenvalue weighted by molar-refractivity contribution is 5.76. The van der Waals surface area contributed by atoms with E-state index in [0.29, 0.717) is 24.0 Å². The van der Waals surface area contributed by atoms with Crippen LogP contribution in [-0.4, -0.2) is 22.8 Å². The predicted molar refractivity (Wildman–Crippen MR) is 123 cm³/mol. The summed E-state index contributed by atoms with van der Waals surface area (Å²) in [4.78, 5) is 11.4. The lowest BCUT2D eigenvalue weighted by atomic mass is 9.84. The molecule has 31 heavy (non-hydrogen) atoms. The molecule has 3 nitrogen and oxygen atoms in total. The quantitative estimate of drug-likeness (QED) is 0.442. The minimum absolute atomic E-state index is 0.265. The van der Waals surface area contributed by atoms with Crippen LogP contribution in [0.1, 0.15) is 35.6 Å². The zero-order valence-electron chi connectivity index (χ0n) is 17.8. The first-order valence-electron chi connectivity index (χ1n) is 10.3. The molecule has 3 aromatic rings. The van der Waals surface area contributed by atoms with Gasteiger partial charge in [0.2, 0.25) is 0 Å². The molecule has 2 N–H and O–H groups in total. The molecule has 0 spiro atoms. The number of benzene rings is 3. The molecule has 3 rings (SSSR count). The van der Waals surface area contributed by atoms with Gasteiger partial charge in [0.1, 0.15) is 5.82 Å². The first-order valence-corrected chi connectivity index (χ1v) is 10.3. The fourth-order valence-electron chi connectivity index (χ4n) is 3.40. The van der Waals surface area contributed by atoms with Crippen LogP contribution in [0.4, 0.5) is 4.39 Å². The Morgan fingerprint density at radius 2 is 1.71 bits per heavy atom. The number of hydrogen-bond acceptors (Lipinski definition) is 2. The minimum Gasteiger partial charge on any atom is -0.481 e. The number of aliphatic carboxylic acids is 1. The third-order valence-electron chi connectivity index (χ3n) is 5.73. The van der Waals surface area contributed by atoms with Crippen LogP contribution in [0.2, 0.25) is 0 Å². The second-order valence-corrected chi connectivity index (χ2v) is 8.12. The number of aliphatic hydroxyl groups excluding tert-OH is 1. The van der Waals surface area contributed by atoms with E-state index in [9.17, 15) is 15.0 Å². The zero-order valence-corrected chi connectivity index (χ0v) is 17.8. The Labute approximate surface area is 182 Å². The molecule has 3 aromatic carbocycles. The molecule has 4 heteroatoms. The topological polar surface area (TPSA) is 57.5 Å². The van der Waals surface area contributed by atoms with Crippen molar-refractivity contribution >= 4 is 18.1 Å². The molecule has 0 saturated heterocycles. The Hall–Kier alpha value is -3.24. The molecule has 0 heterocycles. The molecule has 0 bridgehead atoms. The van der Waals surface area contributed by atoms with E-state index in [0.717, 1.165) is 22.3 Å². The third-order valence-corrected chi connectivity index (χ3v) is 5.73. The standard InChI is InChI=1S/C27H27FO3/c1-19-11-12-20(15-16-27(2,18-29)26(30)31)17-23(19)14-13-22-9-6-10-24(25(22)28)21-7-4-3-5-8-21/h3-14,17,29H,15-16,18H2,1-2H3,(H,30,31)/b14-13+/t27-/m1/s1. The number of hydrogen-bond donors (Lipinski definition) is 2. The van der Waals surface area contributed by atoms with Crippen LogP contribution < -0.4 is 0 Å². The fraction of sp³-hybridized carbons (Fsp3) is 0.222. The van der Waals surface area contributed by atoms with Crippen molar-refractivity contribution in [2.45, 2.75) is 26.7 Å². The molecule has 0 amide bonds. The maximum absolute atomic E-state index is 15.1. The van der Waals surface area contributed by atoms with Crippen molar-refractivity contribution in [3.05, 3.63) is 94.8 Å². The third kappa shape index (κ3) is 5.28. The lowest BCUT2D eigenvalue weighted by Crippen LogP contribution is -2.32. The molecule has 0 aliphatic heterocycles. The van der Waals surface area contributed by atoms with Gasteiger partial charge in [-0.3, -0.25) is 4.79 Å². The molecule has 0 unspecified atom stereocenters. The van der Waals surface area contributed by atoms with E-state index in [2.05, 4.69) is 0 Å². The van der Waals surface area contributed by atoms with Crippen LogP contribution in [-0.2, 0) is 11.2 Å². The molecule has 160 valence electrons. The zero-order chi connectivity index (χ0) is 22.4. The highest BCUT2D eigenvalue weighted by Gasteiger charge is 2.31. The van der Waals surface area contributed by atoms with E-state index in [4.69, 9.17) is 0 Å². The van der Waals surface area contributed by atoms with Crippen LogP contribution >= 0.6 is 0 Å². The van der Waals surface area contributed by atoms with Crippen LogP contribution in [0.3, 0.4) is 0 Å². The summed E-state index contributed by atoms with van der Waals surface area (Å²) in [6, 6.07) is 20.7. The van der Waals surface area contributed by atoms with E-state index in [1.807, 2.05) is 67.6 Å². The van der Waals surface area contributed by atoms with E-state index in [1.165, 1.54) is 0 Å². The summed E-state index contributed by atoms with van der Waals surface area (Å²) in [5.41, 5.74) is 3.70. The summed E-state index contributed by atoms with van der Waals surface area (Å²) < 4.78 is 15.1. The SMILES string of the molecule is Cc1ccc(CC[C@](C)(CO)C(=O)O)cc1/C=C/c1cccc(-c2ccccc2)c1F. The van der Waals surface area contributed by atoms with Gasteiger partial charge in [0, 0.05) is 11.1 Å². The lowest BCUT2D eigenvalue weighted by Gasteiger charge is -2.21. The Kier molecular flexibility index (Phi) is 7.03. The number of carbonyl (C=O) groups is 1. The first kappa shape index (κ1) is 22.4. The van der Waals surface area contributed by atoms with Crippen LogP contribution in [0.15, 0.2) is 66.7 Å². The first-order chi connectivity index (χ1) is 14.8. The summed E-state index contributed by atoms with van der Waals surface area (Å²) in [7, 11) is 0. The highest BCUT2D eigenvalue weighted by Crippen LogP contribution is 2.27. The van der Waals surface area contributed by atoms with Crippen molar-refractivity contribution in [1.82, 2.24) is 0 Å². The number of aryl methyl sites for hydroxylation is 2. The van der Waals surface area contributed by atoms with Crippen LogP contribution in [0.5, 0.6) is 0 Å². The molecular formula is C27H27FO3. The molecule has 0 radical (unpaired) electrons. The van der Waals surface area contributed by atoms with Gasteiger partial charge in [-0.1, -0.05) is 78.9 Å². The predicted octanol–water partition coefficient (Wildman–Crippen LogP) is 5.99. The Balaban J connectivity index is 1.83. The Morgan fingerprint density at radius 3 is 2.39 bits per heavy atom. The largest absolute Gasteiger partial charge is 0.481 e. The maximum atomic E-state index is 15.1. The minimum atomic E-state index is -1.16. The van der Waals surface area contributed by atoms with Gasteiger partial charge in [0.25, 0.3) is 0 Å². The monoisotopic (exact) mass is 418 g/mol. The second kappa shape index (κ2) is 9.71. The van der Waals surface area contributed by atoms with Crippen molar-refractivity contribution in [1.29, 1.82) is 0 Å². The van der Waals surface area contributed by atoms with Crippen molar-refractivity contribution < 1.29 is 19.4 Å². The summed E-state index contributed by atoms with van der Waals surface area (Å²) >= 11 is 0. The number of rotatable bonds is 8. The van der Waals surface area contributed by atoms with Gasteiger partial charge >= 0.3 is 5.97 Å². The Morgan fingerprint density at radius 1 is 1.00 bits per heavy atom. The molecule has 1 atom stereocenters. The number of aliphatic hydroxyl groups is 1. The fourth-order valence-corrected chi connectivity index (χ4v) is 3.40. The van der Waals surface area contributed by atoms with Gasteiger partial charge in [-0.25, -0.2) is 4.39 Å². The van der Waals surface area contributed by atoms with Gasteiger partial charge in [-0.2, -0.15) is 0 Å². The molecular weight excluding hydrogens is 391 g/mol.